The maximum atomic E-state index is 10.0. The third kappa shape index (κ3) is 3.11. The molecule has 2 aromatic carbocycles. The van der Waals surface area contributed by atoms with Gasteiger partial charge in [0, 0.05) is 0 Å². The normalized spacial score (nSPS) is 22.7. The van der Waals surface area contributed by atoms with Gasteiger partial charge in [-0.1, -0.05) is 93.7 Å². The minimum atomic E-state index is -1.60. The van der Waals surface area contributed by atoms with E-state index in [0.717, 1.165) is 24.8 Å². The highest BCUT2D eigenvalue weighted by Crippen LogP contribution is 2.59. The third-order valence-electron chi connectivity index (χ3n) is 6.74. The van der Waals surface area contributed by atoms with Crippen molar-refractivity contribution in [2.45, 2.75) is 83.8 Å². The number of rotatable bonds is 6. The van der Waals surface area contributed by atoms with E-state index >= 15 is 0 Å². The highest BCUT2D eigenvalue weighted by molar-refractivity contribution is 6.89. The van der Waals surface area contributed by atoms with Gasteiger partial charge in [0.1, 0.15) is 11.7 Å². The van der Waals surface area contributed by atoms with E-state index in [1.54, 1.807) is 5.19 Å². The van der Waals surface area contributed by atoms with Crippen LogP contribution in [0.5, 0.6) is 0 Å². The molecule has 2 aromatic rings. The van der Waals surface area contributed by atoms with Crippen molar-refractivity contribution in [3.05, 3.63) is 58.1 Å². The topological polar surface area (TPSA) is 29.5 Å². The van der Waals surface area contributed by atoms with Crippen molar-refractivity contribution >= 4 is 26.5 Å². The van der Waals surface area contributed by atoms with E-state index in [4.69, 9.17) is 4.74 Å². The molecule has 2 nitrogen and oxygen atoms in total. The van der Waals surface area contributed by atoms with Crippen molar-refractivity contribution in [2.75, 3.05) is 0 Å². The van der Waals surface area contributed by atoms with Gasteiger partial charge in [-0.15, -0.1) is 0 Å². The Labute approximate surface area is 178 Å². The van der Waals surface area contributed by atoms with Gasteiger partial charge in [0.2, 0.25) is 0 Å². The van der Waals surface area contributed by atoms with E-state index in [0.29, 0.717) is 0 Å². The second kappa shape index (κ2) is 6.91. The first kappa shape index (κ1) is 21.0. The van der Waals surface area contributed by atoms with Gasteiger partial charge < -0.3 is 9.84 Å². The SMILES string of the molecule is CCCCC12OC(c3c1cccc3[Si](C)(C)C)c1c2cc(CO)cc1[Si](C)(C)C. The molecule has 2 aliphatic rings. The molecule has 2 bridgehead atoms. The van der Waals surface area contributed by atoms with E-state index in [1.807, 2.05) is 0 Å². The molecule has 156 valence electrons. The molecule has 4 rings (SSSR count). The molecule has 2 heterocycles. The van der Waals surface area contributed by atoms with E-state index in [1.165, 1.54) is 27.4 Å². The molecular formula is C25H36O2Si2. The van der Waals surface area contributed by atoms with Crippen molar-refractivity contribution in [3.8, 4) is 0 Å². The Morgan fingerprint density at radius 1 is 0.931 bits per heavy atom. The number of fused-ring (bicyclic) bond motifs is 8. The number of hydrogen-bond donors (Lipinski definition) is 1. The predicted octanol–water partition coefficient (Wildman–Crippen LogP) is 5.14. The molecule has 0 spiro atoms. The van der Waals surface area contributed by atoms with Gasteiger partial charge >= 0.3 is 0 Å². The van der Waals surface area contributed by atoms with Crippen LogP contribution in [0.15, 0.2) is 30.3 Å². The Morgan fingerprint density at radius 2 is 1.59 bits per heavy atom. The Kier molecular flexibility index (Phi) is 5.01. The number of aliphatic hydroxyl groups excluding tert-OH is 1. The Hall–Kier alpha value is -1.21. The summed E-state index contributed by atoms with van der Waals surface area (Å²) < 4.78 is 7.04. The van der Waals surface area contributed by atoms with Crippen molar-refractivity contribution in [1.82, 2.24) is 0 Å². The third-order valence-corrected chi connectivity index (χ3v) is 10.8. The zero-order chi connectivity index (χ0) is 21.2. The van der Waals surface area contributed by atoms with E-state index in [-0.39, 0.29) is 18.3 Å². The highest BCUT2D eigenvalue weighted by atomic mass is 28.3. The van der Waals surface area contributed by atoms with Gasteiger partial charge in [-0.25, -0.2) is 0 Å². The Morgan fingerprint density at radius 3 is 2.17 bits per heavy atom. The van der Waals surface area contributed by atoms with Crippen LogP contribution in [0.25, 0.3) is 0 Å². The largest absolute Gasteiger partial charge is 0.392 e. The van der Waals surface area contributed by atoms with Gasteiger partial charge in [0.25, 0.3) is 0 Å². The molecule has 2 unspecified atom stereocenters. The molecule has 2 atom stereocenters. The van der Waals surface area contributed by atoms with Crippen LogP contribution in [0.3, 0.4) is 0 Å². The van der Waals surface area contributed by atoms with Crippen LogP contribution in [0.2, 0.25) is 39.3 Å². The van der Waals surface area contributed by atoms with Gasteiger partial charge in [0.05, 0.1) is 22.8 Å². The molecule has 0 saturated carbocycles. The molecular weight excluding hydrogens is 388 g/mol. The fraction of sp³-hybridized carbons (Fsp3) is 0.520. The Balaban J connectivity index is 2.05. The first-order valence-corrected chi connectivity index (χ1v) is 18.1. The molecule has 0 aromatic heterocycles. The van der Waals surface area contributed by atoms with Crippen LogP contribution in [0, 0.1) is 0 Å². The maximum Gasteiger partial charge on any atom is 0.120 e. The summed E-state index contributed by atoms with van der Waals surface area (Å²) >= 11 is 0. The first-order valence-electron chi connectivity index (χ1n) is 11.1. The quantitative estimate of drug-likeness (QED) is 0.651. The van der Waals surface area contributed by atoms with E-state index < -0.39 is 16.1 Å². The maximum absolute atomic E-state index is 10.0. The first-order chi connectivity index (χ1) is 13.5. The van der Waals surface area contributed by atoms with Gasteiger partial charge in [0.15, 0.2) is 0 Å². The summed E-state index contributed by atoms with van der Waals surface area (Å²) in [4.78, 5) is 0. The Bertz CT molecular complexity index is 953. The minimum absolute atomic E-state index is 0.0641. The van der Waals surface area contributed by atoms with Crippen LogP contribution >= 0.6 is 0 Å². The summed E-state index contributed by atoms with van der Waals surface area (Å²) in [5, 5.41) is 13.0. The summed E-state index contributed by atoms with van der Waals surface area (Å²) in [7, 11) is -3.11. The summed E-state index contributed by atoms with van der Waals surface area (Å²) in [5.41, 5.74) is 6.37. The van der Waals surface area contributed by atoms with Crippen molar-refractivity contribution in [1.29, 1.82) is 0 Å². The number of ether oxygens (including phenoxy) is 1. The number of unbranched alkanes of at least 4 members (excludes halogenated alkanes) is 1. The van der Waals surface area contributed by atoms with Crippen LogP contribution in [-0.2, 0) is 16.9 Å². The minimum Gasteiger partial charge on any atom is -0.392 e. The molecule has 29 heavy (non-hydrogen) atoms. The van der Waals surface area contributed by atoms with Crippen LogP contribution in [0.4, 0.5) is 0 Å². The molecule has 0 saturated heterocycles. The second-order valence-electron chi connectivity index (χ2n) is 11.0. The molecule has 0 fully saturated rings. The van der Waals surface area contributed by atoms with Crippen molar-refractivity contribution < 1.29 is 9.84 Å². The van der Waals surface area contributed by atoms with E-state index in [2.05, 4.69) is 76.5 Å². The lowest BCUT2D eigenvalue weighted by molar-refractivity contribution is -0.0121. The predicted molar refractivity (Wildman–Crippen MR) is 128 cm³/mol. The van der Waals surface area contributed by atoms with Gasteiger partial charge in [-0.2, -0.15) is 0 Å². The van der Waals surface area contributed by atoms with Crippen LogP contribution in [-0.4, -0.2) is 21.3 Å². The standard InChI is InChI=1S/C25H36O2Si2/c1-8-9-13-25-18-11-10-12-20(28(2,3)4)22(18)24(27-25)23-19(25)14-17(16-26)15-21(23)29(5,6)7/h10-12,14-15,24,26H,8-9,13,16H2,1-7H3. The van der Waals surface area contributed by atoms with Crippen molar-refractivity contribution in [3.63, 3.8) is 0 Å². The fourth-order valence-corrected chi connectivity index (χ4v) is 8.75. The fourth-order valence-electron chi connectivity index (χ4n) is 5.38. The summed E-state index contributed by atoms with van der Waals surface area (Å²) in [5.74, 6) is 0. The molecule has 0 radical (unpaired) electrons. The zero-order valence-electron chi connectivity index (χ0n) is 19.1. The van der Waals surface area contributed by atoms with Crippen molar-refractivity contribution in [2.24, 2.45) is 0 Å². The lowest BCUT2D eigenvalue weighted by Gasteiger charge is -2.34. The van der Waals surface area contributed by atoms with Gasteiger partial charge in [-0.3, -0.25) is 0 Å². The lowest BCUT2D eigenvalue weighted by atomic mass is 9.74. The van der Waals surface area contributed by atoms with Crippen LogP contribution in [0.1, 0.15) is 60.1 Å². The average molecular weight is 425 g/mol. The molecule has 2 aliphatic heterocycles. The number of aliphatic hydroxyl groups is 1. The smallest absolute Gasteiger partial charge is 0.120 e. The number of benzene rings is 2. The zero-order valence-corrected chi connectivity index (χ0v) is 21.1. The highest BCUT2D eigenvalue weighted by Gasteiger charge is 2.56. The molecule has 4 heteroatoms. The number of hydrogen-bond acceptors (Lipinski definition) is 2. The summed E-state index contributed by atoms with van der Waals surface area (Å²) in [6.45, 7) is 16.9. The van der Waals surface area contributed by atoms with E-state index in [9.17, 15) is 5.11 Å². The van der Waals surface area contributed by atoms with Crippen LogP contribution < -0.4 is 10.4 Å². The molecule has 0 aliphatic carbocycles. The lowest BCUT2D eigenvalue weighted by Crippen LogP contribution is -2.45. The summed E-state index contributed by atoms with van der Waals surface area (Å²) in [6, 6.07) is 11.5. The molecule has 1 N–H and O–H groups in total. The average Bonchev–Trinajstić information content (AvgIpc) is 3.16. The molecule has 0 amide bonds. The van der Waals surface area contributed by atoms with Gasteiger partial charge in [-0.05, 0) is 40.3 Å². The second-order valence-corrected chi connectivity index (χ2v) is 21.0. The summed E-state index contributed by atoms with van der Waals surface area (Å²) in [6.07, 6.45) is 3.40. The monoisotopic (exact) mass is 424 g/mol.